The lowest BCUT2D eigenvalue weighted by Gasteiger charge is -2.25. The molecule has 9 heteroatoms. The maximum atomic E-state index is 12.6. The number of rotatable bonds is 32. The molecule has 0 saturated heterocycles. The Morgan fingerprint density at radius 2 is 1.18 bits per heavy atom. The molecule has 0 spiro atoms. The van der Waals surface area contributed by atoms with E-state index in [1.54, 1.807) is 0 Å². The van der Waals surface area contributed by atoms with Crippen LogP contribution in [-0.4, -0.2) is 87.4 Å². The SMILES string of the molecule is CCC/C=C\CCCCCCCC(=O)OC(COC(=O)CCCCCCCCCCCC)COC(OCC[N+](C)(C)C)C(=O)O. The predicted octanol–water partition coefficient (Wildman–Crippen LogP) is 7.99. The number of nitrogens with zero attached hydrogens (tertiary/aromatic N) is 1. The quantitative estimate of drug-likeness (QED) is 0.0259. The Morgan fingerprint density at radius 1 is 0.644 bits per heavy atom. The number of quaternary nitrogens is 1. The fourth-order valence-corrected chi connectivity index (χ4v) is 4.66. The van der Waals surface area contributed by atoms with Gasteiger partial charge in [-0.15, -0.1) is 0 Å². The molecule has 45 heavy (non-hydrogen) atoms. The van der Waals surface area contributed by atoms with Crippen molar-refractivity contribution in [2.75, 3.05) is 47.5 Å². The van der Waals surface area contributed by atoms with Crippen LogP contribution in [0.1, 0.15) is 142 Å². The minimum atomic E-state index is -1.50. The minimum absolute atomic E-state index is 0.181. The van der Waals surface area contributed by atoms with E-state index < -0.39 is 24.3 Å². The summed E-state index contributed by atoms with van der Waals surface area (Å²) >= 11 is 0. The van der Waals surface area contributed by atoms with Crippen molar-refractivity contribution in [2.45, 2.75) is 155 Å². The van der Waals surface area contributed by atoms with Crippen LogP contribution in [0.25, 0.3) is 0 Å². The van der Waals surface area contributed by atoms with Crippen LogP contribution in [0.5, 0.6) is 0 Å². The first-order valence-corrected chi connectivity index (χ1v) is 17.9. The van der Waals surface area contributed by atoms with E-state index in [4.69, 9.17) is 18.9 Å². The van der Waals surface area contributed by atoms with Gasteiger partial charge >= 0.3 is 17.9 Å². The van der Waals surface area contributed by atoms with E-state index in [9.17, 15) is 19.5 Å². The number of hydrogen-bond donors (Lipinski definition) is 1. The summed E-state index contributed by atoms with van der Waals surface area (Å²) in [5, 5.41) is 9.55. The van der Waals surface area contributed by atoms with E-state index >= 15 is 0 Å². The standard InChI is InChI=1S/C36H67NO8/c1-6-8-10-12-14-16-18-20-22-24-26-33(38)43-30-32(31-44-36(35(40)41)42-29-28-37(3,4)5)45-34(39)27-25-23-21-19-17-15-13-11-9-7-2/h11,13,32,36H,6-10,12,14-31H2,1-5H3/p+1/b13-11-. The molecular weight excluding hydrogens is 574 g/mol. The Bertz CT molecular complexity index is 765. The second-order valence-electron chi connectivity index (χ2n) is 13.2. The summed E-state index contributed by atoms with van der Waals surface area (Å²) in [6, 6.07) is 0. The van der Waals surface area contributed by atoms with E-state index in [1.807, 2.05) is 21.1 Å². The van der Waals surface area contributed by atoms with Crippen LogP contribution >= 0.6 is 0 Å². The number of unbranched alkanes of at least 4 members (excludes halogenated alkanes) is 15. The molecule has 0 aromatic rings. The number of carbonyl (C=O) groups is 3. The van der Waals surface area contributed by atoms with Gasteiger partial charge in [0.05, 0.1) is 34.4 Å². The zero-order chi connectivity index (χ0) is 33.6. The number of carbonyl (C=O) groups excluding carboxylic acids is 2. The lowest BCUT2D eigenvalue weighted by molar-refractivity contribution is -0.870. The van der Waals surface area contributed by atoms with Gasteiger partial charge in [0.2, 0.25) is 0 Å². The molecule has 0 aromatic carbocycles. The fourth-order valence-electron chi connectivity index (χ4n) is 4.66. The highest BCUT2D eigenvalue weighted by Crippen LogP contribution is 2.13. The van der Waals surface area contributed by atoms with Gasteiger partial charge in [0.25, 0.3) is 6.29 Å². The third-order valence-corrected chi connectivity index (χ3v) is 7.50. The molecule has 0 fully saturated rings. The number of hydrogen-bond acceptors (Lipinski definition) is 7. The lowest BCUT2D eigenvalue weighted by atomic mass is 10.1. The summed E-state index contributed by atoms with van der Waals surface area (Å²) < 4.78 is 22.5. The molecular formula is C36H68NO8+. The van der Waals surface area contributed by atoms with E-state index in [1.165, 1.54) is 51.4 Å². The summed E-state index contributed by atoms with van der Waals surface area (Å²) in [5.41, 5.74) is 0. The number of allylic oxidation sites excluding steroid dienone is 2. The van der Waals surface area contributed by atoms with Crippen LogP contribution in [-0.2, 0) is 33.3 Å². The summed E-state index contributed by atoms with van der Waals surface area (Å²) in [7, 11) is 5.93. The molecule has 2 atom stereocenters. The van der Waals surface area contributed by atoms with Gasteiger partial charge in [-0.3, -0.25) is 9.59 Å². The highest BCUT2D eigenvalue weighted by atomic mass is 16.7. The first kappa shape index (κ1) is 43.0. The van der Waals surface area contributed by atoms with Crippen LogP contribution in [0, 0.1) is 0 Å². The van der Waals surface area contributed by atoms with Crippen molar-refractivity contribution in [3.8, 4) is 0 Å². The van der Waals surface area contributed by atoms with Crippen LogP contribution in [0.15, 0.2) is 12.2 Å². The Hall–Kier alpha value is -1.97. The second kappa shape index (κ2) is 29.4. The van der Waals surface area contributed by atoms with Crippen LogP contribution in [0.3, 0.4) is 0 Å². The van der Waals surface area contributed by atoms with Crippen molar-refractivity contribution in [1.82, 2.24) is 0 Å². The van der Waals surface area contributed by atoms with Crippen molar-refractivity contribution in [3.05, 3.63) is 12.2 Å². The van der Waals surface area contributed by atoms with Gasteiger partial charge in [-0.1, -0.05) is 109 Å². The molecule has 2 unspecified atom stereocenters. The average molecular weight is 643 g/mol. The normalized spacial score (nSPS) is 13.2. The van der Waals surface area contributed by atoms with Crippen molar-refractivity contribution in [2.24, 2.45) is 0 Å². The molecule has 0 rings (SSSR count). The van der Waals surface area contributed by atoms with Crippen LogP contribution in [0.2, 0.25) is 0 Å². The van der Waals surface area contributed by atoms with Gasteiger partial charge < -0.3 is 28.5 Å². The maximum Gasteiger partial charge on any atom is 0.361 e. The molecule has 264 valence electrons. The minimum Gasteiger partial charge on any atom is -0.477 e. The Balaban J connectivity index is 4.60. The zero-order valence-electron chi connectivity index (χ0n) is 29.5. The number of esters is 2. The first-order chi connectivity index (χ1) is 21.6. The lowest BCUT2D eigenvalue weighted by Crippen LogP contribution is -2.40. The molecule has 0 aromatic heterocycles. The largest absolute Gasteiger partial charge is 0.477 e. The van der Waals surface area contributed by atoms with Gasteiger partial charge in [-0.05, 0) is 32.1 Å². The van der Waals surface area contributed by atoms with E-state index in [2.05, 4.69) is 26.0 Å². The van der Waals surface area contributed by atoms with Gasteiger partial charge in [0.1, 0.15) is 13.2 Å². The number of aliphatic carboxylic acids is 1. The van der Waals surface area contributed by atoms with Crippen molar-refractivity contribution in [1.29, 1.82) is 0 Å². The highest BCUT2D eigenvalue weighted by Gasteiger charge is 2.25. The van der Waals surface area contributed by atoms with E-state index in [0.717, 1.165) is 57.8 Å². The molecule has 0 amide bonds. The smallest absolute Gasteiger partial charge is 0.361 e. The molecule has 0 aliphatic heterocycles. The summed E-state index contributed by atoms with van der Waals surface area (Å²) in [4.78, 5) is 36.7. The molecule has 9 nitrogen and oxygen atoms in total. The Kier molecular flexibility index (Phi) is 28.1. The highest BCUT2D eigenvalue weighted by molar-refractivity contribution is 5.71. The molecule has 0 aliphatic rings. The van der Waals surface area contributed by atoms with Crippen LogP contribution < -0.4 is 0 Å². The second-order valence-corrected chi connectivity index (χ2v) is 13.2. The van der Waals surface area contributed by atoms with Crippen molar-refractivity contribution in [3.63, 3.8) is 0 Å². The van der Waals surface area contributed by atoms with Gasteiger partial charge in [-0.2, -0.15) is 0 Å². The van der Waals surface area contributed by atoms with Gasteiger partial charge in [0.15, 0.2) is 6.10 Å². The third-order valence-electron chi connectivity index (χ3n) is 7.50. The van der Waals surface area contributed by atoms with E-state index in [0.29, 0.717) is 23.9 Å². The monoisotopic (exact) mass is 642 g/mol. The Morgan fingerprint density at radius 3 is 1.73 bits per heavy atom. The molecule has 0 aliphatic carbocycles. The number of carboxylic acid groups (broad SMARTS) is 1. The number of ether oxygens (including phenoxy) is 4. The predicted molar refractivity (Wildman–Crippen MR) is 180 cm³/mol. The topological polar surface area (TPSA) is 108 Å². The average Bonchev–Trinajstić information content (AvgIpc) is 2.98. The fraction of sp³-hybridized carbons (Fsp3) is 0.861. The Labute approximate surface area is 275 Å². The first-order valence-electron chi connectivity index (χ1n) is 17.9. The molecule has 0 heterocycles. The molecule has 0 radical (unpaired) electrons. The van der Waals surface area contributed by atoms with Crippen molar-refractivity contribution >= 4 is 17.9 Å². The summed E-state index contributed by atoms with van der Waals surface area (Å²) in [6.07, 6.45) is 22.8. The van der Waals surface area contributed by atoms with Gasteiger partial charge in [-0.25, -0.2) is 4.79 Å². The number of carboxylic acids is 1. The van der Waals surface area contributed by atoms with Crippen molar-refractivity contribution < 1.29 is 42.9 Å². The maximum absolute atomic E-state index is 12.6. The summed E-state index contributed by atoms with van der Waals surface area (Å²) in [5.74, 6) is -2.02. The molecule has 1 N–H and O–H groups in total. The molecule has 0 bridgehead atoms. The van der Waals surface area contributed by atoms with Gasteiger partial charge in [0, 0.05) is 12.8 Å². The number of likely N-dealkylation sites (N-methyl/N-ethyl adjacent to an activating group) is 1. The third kappa shape index (κ3) is 30.4. The van der Waals surface area contributed by atoms with E-state index in [-0.39, 0.29) is 32.2 Å². The zero-order valence-corrected chi connectivity index (χ0v) is 29.5. The summed E-state index contributed by atoms with van der Waals surface area (Å²) in [6.45, 7) is 4.75. The molecule has 0 saturated carbocycles. The van der Waals surface area contributed by atoms with Crippen LogP contribution in [0.4, 0.5) is 0 Å².